The summed E-state index contributed by atoms with van der Waals surface area (Å²) in [4.78, 5) is 0. The van der Waals surface area contributed by atoms with Crippen molar-refractivity contribution in [3.63, 3.8) is 0 Å². The smallest absolute Gasteiger partial charge is 1.00 e. The molecule has 1 aromatic rings. The van der Waals surface area contributed by atoms with Crippen LogP contribution in [0.3, 0.4) is 0 Å². The maximum atomic E-state index is 9.12. The molecule has 0 unspecified atom stereocenters. The first kappa shape index (κ1) is 10.6. The molecule has 0 saturated heterocycles. The largest absolute Gasteiger partial charge is 2.00 e. The predicted octanol–water partition coefficient (Wildman–Crippen LogP) is 1.64. The van der Waals surface area contributed by atoms with Crippen molar-refractivity contribution in [1.82, 2.24) is 0 Å². The summed E-state index contributed by atoms with van der Waals surface area (Å²) >= 11 is 0. The zero-order valence-corrected chi connectivity index (χ0v) is 7.99. The molecule has 2 nitrogen and oxygen atoms in total. The number of para-hydroxylation sites is 2. The molecule has 0 aromatic heterocycles. The normalized spacial score (nSPS) is 8.45. The molecular weight excluding hydrogens is 152 g/mol. The van der Waals surface area contributed by atoms with E-state index in [1.807, 2.05) is 13.0 Å². The number of benzene rings is 1. The first-order valence-electron chi connectivity index (χ1n) is 3.25. The first-order chi connectivity index (χ1) is 4.84. The Balaban J connectivity index is -0.000000333. The van der Waals surface area contributed by atoms with Gasteiger partial charge in [0.25, 0.3) is 0 Å². The second kappa shape index (κ2) is 5.26. The van der Waals surface area contributed by atoms with Crippen LogP contribution < -0.4 is 4.74 Å². The average Bonchev–Trinajstić information content (AvgIpc) is 1.94. The average molecular weight is 164 g/mol. The molecule has 0 amide bonds. The van der Waals surface area contributed by atoms with E-state index in [-0.39, 0.29) is 31.7 Å². The van der Waals surface area contributed by atoms with Gasteiger partial charge in [0.05, 0.1) is 6.61 Å². The second-order valence-electron chi connectivity index (χ2n) is 1.90. The maximum absolute atomic E-state index is 9.12. The summed E-state index contributed by atoms with van der Waals surface area (Å²) in [5, 5.41) is 9.12. The molecule has 11 heavy (non-hydrogen) atoms. The Labute approximate surface area is 85.3 Å². The van der Waals surface area contributed by atoms with Crippen molar-refractivity contribution in [1.29, 1.82) is 0 Å². The Morgan fingerprint density at radius 2 is 2.09 bits per heavy atom. The van der Waals surface area contributed by atoms with Gasteiger partial charge in [-0.15, -0.1) is 0 Å². The second-order valence-corrected chi connectivity index (χ2v) is 1.90. The summed E-state index contributed by atoms with van der Waals surface area (Å²) in [5.41, 5.74) is 0. The van der Waals surface area contributed by atoms with Gasteiger partial charge in [-0.25, -0.2) is 0 Å². The van der Waals surface area contributed by atoms with Gasteiger partial charge in [0, 0.05) is 0 Å². The molecule has 1 aromatic carbocycles. The minimum atomic E-state index is 0. The molecule has 0 heterocycles. The molecule has 1 N–H and O–H groups in total. The number of aromatic hydroxyl groups is 1. The molecule has 0 atom stereocenters. The quantitative estimate of drug-likeness (QED) is 0.674. The molecule has 0 spiro atoms. The SMILES string of the molecule is CCOc1ccccc1O.[H-].[H-].[Mg+2]. The van der Waals surface area contributed by atoms with Gasteiger partial charge in [0.15, 0.2) is 11.5 Å². The van der Waals surface area contributed by atoms with Crippen LogP contribution in [0.25, 0.3) is 0 Å². The monoisotopic (exact) mass is 164 g/mol. The standard InChI is InChI=1S/C8H10O2.Mg.2H/c1-2-10-8-6-4-3-5-7(8)9;;;/h3-6,9H,2H2,1H3;;;/q;+2;2*-1. The summed E-state index contributed by atoms with van der Waals surface area (Å²) in [5.74, 6) is 0.745. The molecule has 0 aliphatic carbocycles. The summed E-state index contributed by atoms with van der Waals surface area (Å²) in [6, 6.07) is 6.92. The Morgan fingerprint density at radius 1 is 1.45 bits per heavy atom. The molecule has 0 saturated carbocycles. The van der Waals surface area contributed by atoms with Crippen molar-refractivity contribution < 1.29 is 12.7 Å². The Hall–Kier alpha value is -0.414. The van der Waals surface area contributed by atoms with E-state index in [0.717, 1.165) is 0 Å². The summed E-state index contributed by atoms with van der Waals surface area (Å²) < 4.78 is 5.09. The van der Waals surface area contributed by atoms with Crippen LogP contribution in [-0.2, 0) is 0 Å². The Bertz CT molecular complexity index is 221. The van der Waals surface area contributed by atoms with E-state index in [9.17, 15) is 0 Å². The van der Waals surface area contributed by atoms with E-state index < -0.39 is 0 Å². The van der Waals surface area contributed by atoms with E-state index in [4.69, 9.17) is 9.84 Å². The number of rotatable bonds is 2. The van der Waals surface area contributed by atoms with Gasteiger partial charge in [-0.3, -0.25) is 0 Å². The zero-order valence-electron chi connectivity index (χ0n) is 8.58. The third kappa shape index (κ3) is 2.99. The first-order valence-corrected chi connectivity index (χ1v) is 3.25. The topological polar surface area (TPSA) is 29.5 Å². The van der Waals surface area contributed by atoms with Gasteiger partial charge in [0.2, 0.25) is 0 Å². The van der Waals surface area contributed by atoms with Crippen molar-refractivity contribution in [2.24, 2.45) is 0 Å². The van der Waals surface area contributed by atoms with Crippen molar-refractivity contribution in [3.8, 4) is 11.5 Å². The van der Waals surface area contributed by atoms with Crippen molar-refractivity contribution in [2.75, 3.05) is 6.61 Å². The number of hydrogen-bond acceptors (Lipinski definition) is 2. The summed E-state index contributed by atoms with van der Waals surface area (Å²) in [6.45, 7) is 2.46. The van der Waals surface area contributed by atoms with E-state index in [1.165, 1.54) is 0 Å². The third-order valence-electron chi connectivity index (χ3n) is 1.17. The number of phenolic OH excluding ortho intramolecular Hbond substituents is 1. The fourth-order valence-electron chi connectivity index (χ4n) is 0.735. The van der Waals surface area contributed by atoms with Gasteiger partial charge in [-0.2, -0.15) is 0 Å². The van der Waals surface area contributed by atoms with Gasteiger partial charge in [-0.05, 0) is 19.1 Å². The maximum Gasteiger partial charge on any atom is 2.00 e. The summed E-state index contributed by atoms with van der Waals surface area (Å²) in [6.07, 6.45) is 0. The van der Waals surface area contributed by atoms with Crippen molar-refractivity contribution in [3.05, 3.63) is 24.3 Å². The molecule has 3 heteroatoms. The van der Waals surface area contributed by atoms with Crippen molar-refractivity contribution in [2.45, 2.75) is 6.92 Å². The molecule has 1 rings (SSSR count). The Morgan fingerprint density at radius 3 is 2.64 bits per heavy atom. The van der Waals surface area contributed by atoms with Crippen LogP contribution in [0, 0.1) is 0 Å². The van der Waals surface area contributed by atoms with Crippen LogP contribution in [0.1, 0.15) is 9.78 Å². The predicted molar refractivity (Wildman–Crippen MR) is 47.3 cm³/mol. The molecule has 0 bridgehead atoms. The summed E-state index contributed by atoms with van der Waals surface area (Å²) in [7, 11) is 0. The molecule has 0 fully saturated rings. The van der Waals surface area contributed by atoms with Crippen LogP contribution in [0.5, 0.6) is 11.5 Å². The fraction of sp³-hybridized carbons (Fsp3) is 0.250. The van der Waals surface area contributed by atoms with Crippen LogP contribution in [0.2, 0.25) is 0 Å². The fourth-order valence-corrected chi connectivity index (χ4v) is 0.735. The Kier molecular flexibility index (Phi) is 5.07. The van der Waals surface area contributed by atoms with E-state index >= 15 is 0 Å². The van der Waals surface area contributed by atoms with E-state index in [1.54, 1.807) is 18.2 Å². The van der Waals surface area contributed by atoms with Crippen molar-refractivity contribution >= 4 is 23.1 Å². The van der Waals surface area contributed by atoms with Crippen LogP contribution in [-0.4, -0.2) is 34.8 Å². The molecule has 0 radical (unpaired) electrons. The van der Waals surface area contributed by atoms with Gasteiger partial charge in [0.1, 0.15) is 0 Å². The number of hydrogen-bond donors (Lipinski definition) is 1. The minimum Gasteiger partial charge on any atom is -1.00 e. The van der Waals surface area contributed by atoms with Crippen LogP contribution in [0.15, 0.2) is 24.3 Å². The van der Waals surface area contributed by atoms with Gasteiger partial charge < -0.3 is 12.7 Å². The molecule has 0 aliphatic heterocycles. The van der Waals surface area contributed by atoms with Gasteiger partial charge in [-0.1, -0.05) is 12.1 Å². The molecule has 58 valence electrons. The number of ether oxygens (including phenoxy) is 1. The number of phenols is 1. The van der Waals surface area contributed by atoms with E-state index in [0.29, 0.717) is 12.4 Å². The molecule has 0 aliphatic rings. The van der Waals surface area contributed by atoms with E-state index in [2.05, 4.69) is 0 Å². The third-order valence-corrected chi connectivity index (χ3v) is 1.17. The van der Waals surface area contributed by atoms with Gasteiger partial charge >= 0.3 is 23.1 Å². The van der Waals surface area contributed by atoms with Crippen LogP contribution >= 0.6 is 0 Å². The zero-order chi connectivity index (χ0) is 7.40. The molecular formula is C8H12MgO2. The van der Waals surface area contributed by atoms with Crippen LogP contribution in [0.4, 0.5) is 0 Å². The minimum absolute atomic E-state index is 0.